The van der Waals surface area contributed by atoms with Crippen molar-refractivity contribution in [1.29, 1.82) is 0 Å². The van der Waals surface area contributed by atoms with Crippen molar-refractivity contribution in [2.45, 2.75) is 56.4 Å². The van der Waals surface area contributed by atoms with E-state index in [1.165, 1.54) is 0 Å². The third kappa shape index (κ3) is 7.78. The predicted molar refractivity (Wildman–Crippen MR) is 229 cm³/mol. The molecule has 5 amide bonds. The van der Waals surface area contributed by atoms with Crippen LogP contribution in [0.5, 0.6) is 5.75 Å². The summed E-state index contributed by atoms with van der Waals surface area (Å²) in [4.78, 5) is 73.0. The van der Waals surface area contributed by atoms with E-state index in [0.29, 0.717) is 66.0 Å². The molecule has 1 aromatic heterocycles. The molecule has 9 rings (SSSR count). The van der Waals surface area contributed by atoms with E-state index in [-0.39, 0.29) is 30.3 Å². The fourth-order valence-electron chi connectivity index (χ4n) is 9.96. The maximum absolute atomic E-state index is 14.3. The van der Waals surface area contributed by atoms with Crippen LogP contribution < -0.4 is 26.2 Å². The molecule has 4 fully saturated rings. The number of fused-ring (bicyclic) bond motifs is 1. The van der Waals surface area contributed by atoms with Crippen LogP contribution in [0.4, 0.5) is 17.2 Å². The number of piperidine rings is 3. The van der Waals surface area contributed by atoms with Gasteiger partial charge in [-0.3, -0.25) is 34.2 Å². The summed E-state index contributed by atoms with van der Waals surface area (Å²) in [5, 5.41) is 24.6. The molecular formula is C46H51N9O6. The van der Waals surface area contributed by atoms with Crippen molar-refractivity contribution in [3.8, 4) is 17.0 Å². The van der Waals surface area contributed by atoms with Crippen LogP contribution in [-0.2, 0) is 19.8 Å². The number of phenols is 1. The number of amides is 5. The Morgan fingerprint density at radius 1 is 0.787 bits per heavy atom. The number of nitrogens with two attached hydrogens (primary N) is 1. The lowest BCUT2D eigenvalue weighted by Gasteiger charge is -2.38. The predicted octanol–water partition coefficient (Wildman–Crippen LogP) is 3.73. The molecule has 15 nitrogen and oxygen atoms in total. The molecule has 15 heteroatoms. The molecule has 5 N–H and O–H groups in total. The van der Waals surface area contributed by atoms with Crippen LogP contribution in [0, 0.1) is 11.8 Å². The zero-order valence-corrected chi connectivity index (χ0v) is 34.1. The molecule has 6 heterocycles. The number of likely N-dealkylation sites (tertiary alicyclic amines) is 1. The van der Waals surface area contributed by atoms with E-state index in [4.69, 9.17) is 5.73 Å². The van der Waals surface area contributed by atoms with E-state index in [1.54, 1.807) is 30.3 Å². The van der Waals surface area contributed by atoms with Crippen LogP contribution in [-0.4, -0.2) is 113 Å². The SMILES string of the molecule is Nc1nnc(-c2ccccc2O)cc1N1CCC(C(=O)NCC2CCN(CC3CCN(c4ccc5c(c4)C(=O)N(C4CCC(=O)NC4=O)C5=O)CC3)CC2)(c2ccccc2)C1. The minimum atomic E-state index is -0.978. The second kappa shape index (κ2) is 16.6. The first kappa shape index (κ1) is 40.1. The number of nitrogens with zero attached hydrogens (tertiary/aromatic N) is 6. The molecule has 4 saturated heterocycles. The number of rotatable bonds is 10. The second-order valence-corrected chi connectivity index (χ2v) is 17.2. The van der Waals surface area contributed by atoms with Gasteiger partial charge in [0.2, 0.25) is 17.7 Å². The maximum Gasteiger partial charge on any atom is 0.262 e. The molecule has 0 bridgehead atoms. The maximum atomic E-state index is 14.3. The van der Waals surface area contributed by atoms with Crippen molar-refractivity contribution in [3.63, 3.8) is 0 Å². The number of phenolic OH excluding ortho intramolecular Hbond substituents is 1. The number of nitrogens with one attached hydrogen (secondary N) is 2. The standard InChI is InChI=1S/C46H51N9O6/c47-41-38(25-36(50-51-41)34-8-4-5-9-39(34)56)54-23-18-46(28-54,31-6-2-1-3-7-31)45(61)48-26-29-14-19-52(20-15-29)27-30-16-21-53(22-17-30)32-10-11-33-35(24-32)44(60)55(43(33)59)37-12-13-40(57)49-42(37)58/h1-11,24-25,29-30,37,56H,12-23,26-28H2,(H2,47,51)(H,48,61)(H,49,57,58). The van der Waals surface area contributed by atoms with Gasteiger partial charge in [-0.05, 0) is 105 Å². The van der Waals surface area contributed by atoms with Gasteiger partial charge < -0.3 is 30.9 Å². The fourth-order valence-corrected chi connectivity index (χ4v) is 9.96. The van der Waals surface area contributed by atoms with Gasteiger partial charge in [0.15, 0.2) is 5.82 Å². The van der Waals surface area contributed by atoms with Crippen molar-refractivity contribution in [2.24, 2.45) is 11.8 Å². The molecule has 2 unspecified atom stereocenters. The number of aromatic hydroxyl groups is 1. The van der Waals surface area contributed by atoms with Gasteiger partial charge >= 0.3 is 0 Å². The van der Waals surface area contributed by atoms with Gasteiger partial charge in [-0.25, -0.2) is 0 Å². The molecule has 316 valence electrons. The van der Waals surface area contributed by atoms with E-state index in [9.17, 15) is 29.1 Å². The Labute approximate surface area is 354 Å². The summed E-state index contributed by atoms with van der Waals surface area (Å²) in [6.07, 6.45) is 4.88. The molecule has 4 aromatic rings. The van der Waals surface area contributed by atoms with Crippen LogP contribution in [0.15, 0.2) is 78.9 Å². The molecule has 0 radical (unpaired) electrons. The molecular weight excluding hydrogens is 775 g/mol. The lowest BCUT2D eigenvalue weighted by Crippen LogP contribution is -2.54. The summed E-state index contributed by atoms with van der Waals surface area (Å²) < 4.78 is 0. The monoisotopic (exact) mass is 825 g/mol. The van der Waals surface area contributed by atoms with Crippen molar-refractivity contribution in [1.82, 2.24) is 30.6 Å². The van der Waals surface area contributed by atoms with Gasteiger partial charge in [0.1, 0.15) is 11.8 Å². The minimum Gasteiger partial charge on any atom is -0.507 e. The van der Waals surface area contributed by atoms with Crippen LogP contribution in [0.1, 0.15) is 71.2 Å². The average Bonchev–Trinajstić information content (AvgIpc) is 3.84. The Morgan fingerprint density at radius 3 is 2.26 bits per heavy atom. The highest BCUT2D eigenvalue weighted by molar-refractivity contribution is 6.23. The molecule has 0 spiro atoms. The fraction of sp³-hybridized carbons (Fsp3) is 0.413. The Kier molecular flexibility index (Phi) is 10.9. The van der Waals surface area contributed by atoms with E-state index < -0.39 is 35.1 Å². The van der Waals surface area contributed by atoms with E-state index >= 15 is 0 Å². The highest BCUT2D eigenvalue weighted by Gasteiger charge is 2.47. The normalized spacial score (nSPS) is 22.8. The van der Waals surface area contributed by atoms with Gasteiger partial charge in [-0.1, -0.05) is 42.5 Å². The van der Waals surface area contributed by atoms with Crippen LogP contribution >= 0.6 is 0 Å². The quantitative estimate of drug-likeness (QED) is 0.170. The lowest BCUT2D eigenvalue weighted by molar-refractivity contribution is -0.136. The van der Waals surface area contributed by atoms with Gasteiger partial charge in [0.05, 0.1) is 27.9 Å². The van der Waals surface area contributed by atoms with E-state index in [2.05, 4.69) is 35.5 Å². The number of aromatic nitrogens is 2. The zero-order valence-electron chi connectivity index (χ0n) is 34.1. The Morgan fingerprint density at radius 2 is 1.51 bits per heavy atom. The number of carbonyl (C=O) groups excluding carboxylic acids is 5. The third-order valence-corrected chi connectivity index (χ3v) is 13.5. The number of para-hydroxylation sites is 1. The van der Waals surface area contributed by atoms with Crippen molar-refractivity contribution in [2.75, 3.05) is 67.9 Å². The van der Waals surface area contributed by atoms with E-state index in [0.717, 1.165) is 74.6 Å². The summed E-state index contributed by atoms with van der Waals surface area (Å²) in [5.74, 6) is -0.652. The molecule has 3 aromatic carbocycles. The van der Waals surface area contributed by atoms with Crippen molar-refractivity contribution >= 4 is 46.7 Å². The molecule has 5 aliphatic heterocycles. The summed E-state index contributed by atoms with van der Waals surface area (Å²) in [5.41, 5.74) is 9.83. The number of nitrogen functional groups attached to an aromatic ring is 1. The van der Waals surface area contributed by atoms with Crippen LogP contribution in [0.3, 0.4) is 0 Å². The van der Waals surface area contributed by atoms with Crippen LogP contribution in [0.2, 0.25) is 0 Å². The summed E-state index contributed by atoms with van der Waals surface area (Å²) >= 11 is 0. The molecule has 0 aliphatic carbocycles. The third-order valence-electron chi connectivity index (χ3n) is 13.5. The second-order valence-electron chi connectivity index (χ2n) is 17.2. The van der Waals surface area contributed by atoms with Gasteiger partial charge in [0.25, 0.3) is 11.8 Å². The Bertz CT molecular complexity index is 2360. The first-order chi connectivity index (χ1) is 29.6. The smallest absolute Gasteiger partial charge is 0.262 e. The Balaban J connectivity index is 0.766. The Hall–Kier alpha value is -6.35. The highest BCUT2D eigenvalue weighted by atomic mass is 16.3. The number of hydrogen-bond acceptors (Lipinski definition) is 12. The molecule has 5 aliphatic rings. The summed E-state index contributed by atoms with van der Waals surface area (Å²) in [6.45, 7) is 6.33. The largest absolute Gasteiger partial charge is 0.507 e. The number of anilines is 3. The lowest BCUT2D eigenvalue weighted by atomic mass is 9.78. The number of imide groups is 2. The number of benzene rings is 3. The summed E-state index contributed by atoms with van der Waals surface area (Å²) in [7, 11) is 0. The van der Waals surface area contributed by atoms with Crippen molar-refractivity contribution < 1.29 is 29.1 Å². The average molecular weight is 826 g/mol. The number of carbonyl (C=O) groups is 5. The van der Waals surface area contributed by atoms with E-state index in [1.807, 2.05) is 48.5 Å². The first-order valence-corrected chi connectivity index (χ1v) is 21.4. The van der Waals surface area contributed by atoms with Gasteiger partial charge in [-0.15, -0.1) is 10.2 Å². The van der Waals surface area contributed by atoms with Crippen LogP contribution in [0.25, 0.3) is 11.3 Å². The zero-order chi connectivity index (χ0) is 42.3. The van der Waals surface area contributed by atoms with Gasteiger partial charge in [-0.2, -0.15) is 0 Å². The molecule has 2 atom stereocenters. The molecule has 0 saturated carbocycles. The first-order valence-electron chi connectivity index (χ1n) is 21.4. The number of hydrogen-bond donors (Lipinski definition) is 4. The van der Waals surface area contributed by atoms with Gasteiger partial charge in [0, 0.05) is 56.9 Å². The topological polar surface area (TPSA) is 194 Å². The molecule has 61 heavy (non-hydrogen) atoms. The van der Waals surface area contributed by atoms with Crippen molar-refractivity contribution in [3.05, 3.63) is 95.6 Å². The summed E-state index contributed by atoms with van der Waals surface area (Å²) in [6, 6.07) is 23.2. The highest BCUT2D eigenvalue weighted by Crippen LogP contribution is 2.40. The minimum absolute atomic E-state index is 0.0166.